The van der Waals surface area contributed by atoms with Crippen LogP contribution >= 0.6 is 0 Å². The molecule has 6 nitrogen and oxygen atoms in total. The smallest absolute Gasteiger partial charge is 0.153 e. The quantitative estimate of drug-likeness (QED) is 0.411. The SMILES string of the molecule is O=Cc1ccc2c(c1O)C1c3c(ccc(C=O)c3O)C2c2ccc(C=O)c(O)c21. The van der Waals surface area contributed by atoms with E-state index in [1.165, 1.54) is 18.2 Å². The van der Waals surface area contributed by atoms with Gasteiger partial charge in [-0.15, -0.1) is 0 Å². The average molecular weight is 386 g/mol. The van der Waals surface area contributed by atoms with Gasteiger partial charge in [-0.25, -0.2) is 0 Å². The molecule has 0 aliphatic heterocycles. The fourth-order valence-corrected chi connectivity index (χ4v) is 4.81. The molecule has 29 heavy (non-hydrogen) atoms. The lowest BCUT2D eigenvalue weighted by molar-refractivity contribution is 0.111. The minimum Gasteiger partial charge on any atom is -0.507 e. The van der Waals surface area contributed by atoms with Gasteiger partial charge in [-0.05, 0) is 34.9 Å². The maximum Gasteiger partial charge on any atom is 0.153 e. The minimum atomic E-state index is -0.834. The lowest BCUT2D eigenvalue weighted by Gasteiger charge is -2.43. The molecule has 3 aromatic rings. The summed E-state index contributed by atoms with van der Waals surface area (Å²) in [4.78, 5) is 34.2. The second-order valence-corrected chi connectivity index (χ2v) is 7.24. The summed E-state index contributed by atoms with van der Waals surface area (Å²) >= 11 is 0. The minimum absolute atomic E-state index is 0.0801. The van der Waals surface area contributed by atoms with Crippen molar-refractivity contribution in [1.82, 2.24) is 0 Å². The first-order valence-electron chi connectivity index (χ1n) is 8.96. The summed E-state index contributed by atoms with van der Waals surface area (Å²) < 4.78 is 0. The number of phenolic OH excluding ortho intramolecular Hbond substituents is 3. The number of carbonyl (C=O) groups excluding carboxylic acids is 3. The molecule has 0 aromatic heterocycles. The number of benzene rings is 3. The molecule has 3 aliphatic carbocycles. The molecule has 3 aliphatic rings. The molecule has 0 radical (unpaired) electrons. The number of carbonyl (C=O) groups is 3. The van der Waals surface area contributed by atoms with Gasteiger partial charge in [-0.3, -0.25) is 14.4 Å². The molecule has 6 rings (SSSR count). The van der Waals surface area contributed by atoms with Crippen molar-refractivity contribution in [3.05, 3.63) is 86.5 Å². The molecule has 0 unspecified atom stereocenters. The van der Waals surface area contributed by atoms with Gasteiger partial charge in [0.25, 0.3) is 0 Å². The van der Waals surface area contributed by atoms with Crippen molar-refractivity contribution in [2.24, 2.45) is 0 Å². The summed E-state index contributed by atoms with van der Waals surface area (Å²) in [6.07, 6.45) is 1.59. The van der Waals surface area contributed by atoms with Crippen LogP contribution in [0.15, 0.2) is 36.4 Å². The third-order valence-electron chi connectivity index (χ3n) is 6.03. The molecule has 6 heteroatoms. The monoisotopic (exact) mass is 386 g/mol. The topological polar surface area (TPSA) is 112 Å². The normalized spacial score (nSPS) is 17.8. The average Bonchev–Trinajstić information content (AvgIpc) is 2.74. The number of aromatic hydroxyl groups is 3. The van der Waals surface area contributed by atoms with E-state index in [1.807, 2.05) is 0 Å². The van der Waals surface area contributed by atoms with Gasteiger partial charge in [-0.1, -0.05) is 18.2 Å². The van der Waals surface area contributed by atoms with Gasteiger partial charge in [0.2, 0.25) is 0 Å². The van der Waals surface area contributed by atoms with Crippen molar-refractivity contribution in [1.29, 1.82) is 0 Å². The molecule has 0 atom stereocenters. The standard InChI is InChI=1S/C23H14O6/c24-7-10-1-4-13-16-14-5-2-11(8-25)22(28)18(14)20(17(13)21(10)27)19-15(16)6-3-12(9-26)23(19)29/h1-9,16,20,27-29H. The molecular weight excluding hydrogens is 372 g/mol. The third kappa shape index (κ3) is 1.97. The van der Waals surface area contributed by atoms with Crippen LogP contribution < -0.4 is 0 Å². The zero-order chi connectivity index (χ0) is 20.4. The molecule has 3 aromatic carbocycles. The van der Waals surface area contributed by atoms with Crippen molar-refractivity contribution in [3.8, 4) is 17.2 Å². The van der Waals surface area contributed by atoms with Gasteiger partial charge in [0.15, 0.2) is 18.9 Å². The molecule has 142 valence electrons. The molecule has 2 bridgehead atoms. The van der Waals surface area contributed by atoms with E-state index in [9.17, 15) is 29.7 Å². The van der Waals surface area contributed by atoms with Crippen LogP contribution in [0.5, 0.6) is 17.2 Å². The van der Waals surface area contributed by atoms with Crippen LogP contribution in [0.2, 0.25) is 0 Å². The number of aldehydes is 3. The van der Waals surface area contributed by atoms with E-state index in [0.717, 1.165) is 16.7 Å². The van der Waals surface area contributed by atoms with E-state index in [-0.39, 0.29) is 33.9 Å². The van der Waals surface area contributed by atoms with Crippen molar-refractivity contribution < 1.29 is 29.7 Å². The molecular formula is C23H14O6. The van der Waals surface area contributed by atoms with Crippen molar-refractivity contribution in [2.45, 2.75) is 11.8 Å². The first kappa shape index (κ1) is 17.2. The summed E-state index contributed by atoms with van der Waals surface area (Å²) in [6, 6.07) is 9.83. The molecule has 0 saturated heterocycles. The van der Waals surface area contributed by atoms with E-state index >= 15 is 0 Å². The summed E-state index contributed by atoms with van der Waals surface area (Å²) in [5.41, 5.74) is 3.63. The van der Waals surface area contributed by atoms with Gasteiger partial charge in [-0.2, -0.15) is 0 Å². The van der Waals surface area contributed by atoms with Crippen molar-refractivity contribution >= 4 is 18.9 Å². The Kier molecular flexibility index (Phi) is 3.43. The van der Waals surface area contributed by atoms with Crippen molar-refractivity contribution in [2.75, 3.05) is 0 Å². The largest absolute Gasteiger partial charge is 0.507 e. The summed E-state index contributed by atoms with van der Waals surface area (Å²) in [5, 5.41) is 32.4. The fourth-order valence-electron chi connectivity index (χ4n) is 4.81. The van der Waals surface area contributed by atoms with Gasteiger partial charge >= 0.3 is 0 Å². The highest BCUT2D eigenvalue weighted by molar-refractivity contribution is 5.88. The second-order valence-electron chi connectivity index (χ2n) is 7.24. The maximum absolute atomic E-state index is 11.4. The Morgan fingerprint density at radius 1 is 0.517 bits per heavy atom. The fraction of sp³-hybridized carbons (Fsp3) is 0.0870. The van der Waals surface area contributed by atoms with E-state index < -0.39 is 11.8 Å². The first-order valence-corrected chi connectivity index (χ1v) is 8.96. The van der Waals surface area contributed by atoms with Gasteiger partial charge in [0.1, 0.15) is 17.2 Å². The summed E-state index contributed by atoms with van der Waals surface area (Å²) in [6.45, 7) is 0. The first-order chi connectivity index (χ1) is 14.0. The summed E-state index contributed by atoms with van der Waals surface area (Å²) in [5.74, 6) is -1.99. The zero-order valence-electron chi connectivity index (χ0n) is 14.9. The Labute approximate surface area is 164 Å². The van der Waals surface area contributed by atoms with E-state index in [4.69, 9.17) is 0 Å². The van der Waals surface area contributed by atoms with Crippen LogP contribution in [0, 0.1) is 0 Å². The van der Waals surface area contributed by atoms with Gasteiger partial charge < -0.3 is 15.3 Å². The summed E-state index contributed by atoms with van der Waals surface area (Å²) in [7, 11) is 0. The van der Waals surface area contributed by atoms with Crippen LogP contribution in [0.4, 0.5) is 0 Å². The Morgan fingerprint density at radius 3 is 1.10 bits per heavy atom. The van der Waals surface area contributed by atoms with Crippen LogP contribution in [0.1, 0.15) is 76.3 Å². The zero-order valence-corrected chi connectivity index (χ0v) is 14.9. The van der Waals surface area contributed by atoms with Crippen molar-refractivity contribution in [3.63, 3.8) is 0 Å². The number of hydrogen-bond donors (Lipinski definition) is 3. The second kappa shape index (κ2) is 5.78. The maximum atomic E-state index is 11.4. The van der Waals surface area contributed by atoms with Crippen LogP contribution in [0.3, 0.4) is 0 Å². The molecule has 0 spiro atoms. The number of phenols is 3. The van der Waals surface area contributed by atoms with Crippen LogP contribution in [-0.2, 0) is 0 Å². The van der Waals surface area contributed by atoms with Crippen LogP contribution in [0.25, 0.3) is 0 Å². The Balaban J connectivity index is 1.96. The van der Waals surface area contributed by atoms with E-state index in [0.29, 0.717) is 35.5 Å². The highest BCUT2D eigenvalue weighted by Gasteiger charge is 2.46. The van der Waals surface area contributed by atoms with Crippen LogP contribution in [-0.4, -0.2) is 34.2 Å². The molecule has 0 saturated carbocycles. The molecule has 0 amide bonds. The predicted octanol–water partition coefficient (Wildman–Crippen LogP) is 3.23. The van der Waals surface area contributed by atoms with E-state index in [2.05, 4.69) is 0 Å². The van der Waals surface area contributed by atoms with Gasteiger partial charge in [0, 0.05) is 28.5 Å². The van der Waals surface area contributed by atoms with E-state index in [1.54, 1.807) is 18.2 Å². The van der Waals surface area contributed by atoms with Gasteiger partial charge in [0.05, 0.1) is 16.7 Å². The lowest BCUT2D eigenvalue weighted by atomic mass is 9.59. The molecule has 0 heterocycles. The Morgan fingerprint density at radius 2 is 0.828 bits per heavy atom. The predicted molar refractivity (Wildman–Crippen MR) is 102 cm³/mol. The number of rotatable bonds is 3. The Bertz CT molecular complexity index is 1100. The highest BCUT2D eigenvalue weighted by atomic mass is 16.3. The molecule has 0 fully saturated rings. The Hall–Kier alpha value is -3.93. The third-order valence-corrected chi connectivity index (χ3v) is 6.03. The lowest BCUT2D eigenvalue weighted by Crippen LogP contribution is -2.28. The molecule has 3 N–H and O–H groups in total. The highest BCUT2D eigenvalue weighted by Crippen LogP contribution is 2.62. The number of hydrogen-bond acceptors (Lipinski definition) is 6.